The molecule has 0 spiro atoms. The van der Waals surface area contributed by atoms with E-state index in [1.54, 1.807) is 30.3 Å². The standard InChI is InChI=1S/C15H12O4/c16-12(5-7-14-3-1-9-18-14)11-13(17)6-8-15-4-2-10-19-15/h1-11,16H/b7-5+,8-6+,12-11-. The molecule has 2 heterocycles. The number of ketones is 1. The van der Waals surface area contributed by atoms with Crippen LogP contribution in [0, 0.1) is 0 Å². The zero-order valence-corrected chi connectivity index (χ0v) is 10.0. The summed E-state index contributed by atoms with van der Waals surface area (Å²) in [6.07, 6.45) is 9.95. The third-order valence-corrected chi connectivity index (χ3v) is 2.21. The number of aliphatic hydroxyl groups is 1. The number of furan rings is 2. The van der Waals surface area contributed by atoms with Crippen LogP contribution in [0.5, 0.6) is 0 Å². The fourth-order valence-corrected chi connectivity index (χ4v) is 1.35. The lowest BCUT2D eigenvalue weighted by atomic mass is 10.2. The number of rotatable bonds is 5. The lowest BCUT2D eigenvalue weighted by molar-refractivity contribution is -0.110. The van der Waals surface area contributed by atoms with E-state index in [2.05, 4.69) is 0 Å². The Bertz CT molecular complexity index is 599. The largest absolute Gasteiger partial charge is 0.508 e. The Hall–Kier alpha value is -2.75. The van der Waals surface area contributed by atoms with Crippen molar-refractivity contribution >= 4 is 17.9 Å². The van der Waals surface area contributed by atoms with E-state index >= 15 is 0 Å². The van der Waals surface area contributed by atoms with Crippen LogP contribution in [-0.2, 0) is 4.79 Å². The van der Waals surface area contributed by atoms with Gasteiger partial charge in [0.25, 0.3) is 0 Å². The summed E-state index contributed by atoms with van der Waals surface area (Å²) >= 11 is 0. The van der Waals surface area contributed by atoms with E-state index in [-0.39, 0.29) is 11.5 Å². The number of aliphatic hydroxyl groups excluding tert-OH is 1. The topological polar surface area (TPSA) is 63.6 Å². The summed E-state index contributed by atoms with van der Waals surface area (Å²) in [5.41, 5.74) is 0. The van der Waals surface area contributed by atoms with Gasteiger partial charge in [0.15, 0.2) is 5.78 Å². The van der Waals surface area contributed by atoms with Gasteiger partial charge >= 0.3 is 0 Å². The van der Waals surface area contributed by atoms with Gasteiger partial charge in [0, 0.05) is 6.08 Å². The highest BCUT2D eigenvalue weighted by molar-refractivity contribution is 6.02. The van der Waals surface area contributed by atoms with Crippen LogP contribution < -0.4 is 0 Å². The van der Waals surface area contributed by atoms with Crippen molar-refractivity contribution in [3.8, 4) is 0 Å². The van der Waals surface area contributed by atoms with Crippen LogP contribution >= 0.6 is 0 Å². The number of hydrogen-bond donors (Lipinski definition) is 1. The maximum absolute atomic E-state index is 11.5. The molecule has 0 bridgehead atoms. The molecule has 2 aromatic heterocycles. The van der Waals surface area contributed by atoms with E-state index < -0.39 is 0 Å². The molecule has 2 aromatic rings. The van der Waals surface area contributed by atoms with Gasteiger partial charge in [0.05, 0.1) is 12.5 Å². The molecule has 0 amide bonds. The van der Waals surface area contributed by atoms with E-state index in [4.69, 9.17) is 8.83 Å². The summed E-state index contributed by atoms with van der Waals surface area (Å²) in [4.78, 5) is 11.5. The van der Waals surface area contributed by atoms with Crippen LogP contribution in [0.1, 0.15) is 11.5 Å². The predicted molar refractivity (Wildman–Crippen MR) is 71.2 cm³/mol. The summed E-state index contributed by atoms with van der Waals surface area (Å²) in [5.74, 6) is 0.689. The van der Waals surface area contributed by atoms with Crippen molar-refractivity contribution in [1.82, 2.24) is 0 Å². The van der Waals surface area contributed by atoms with E-state index in [1.807, 2.05) is 0 Å². The molecule has 0 aliphatic carbocycles. The van der Waals surface area contributed by atoms with Gasteiger partial charge in [-0.3, -0.25) is 4.79 Å². The molecule has 0 aliphatic rings. The zero-order chi connectivity index (χ0) is 13.5. The van der Waals surface area contributed by atoms with Crippen LogP contribution in [0.2, 0.25) is 0 Å². The minimum Gasteiger partial charge on any atom is -0.508 e. The molecule has 0 fully saturated rings. The zero-order valence-electron chi connectivity index (χ0n) is 10.0. The number of hydrogen-bond acceptors (Lipinski definition) is 4. The molecule has 2 rings (SSSR count). The third kappa shape index (κ3) is 4.20. The van der Waals surface area contributed by atoms with E-state index in [0.29, 0.717) is 11.5 Å². The molecule has 19 heavy (non-hydrogen) atoms. The molecular formula is C15H12O4. The Labute approximate surface area is 110 Å². The highest BCUT2D eigenvalue weighted by Crippen LogP contribution is 2.05. The van der Waals surface area contributed by atoms with Crippen molar-refractivity contribution in [2.24, 2.45) is 0 Å². The normalized spacial score (nSPS) is 12.5. The van der Waals surface area contributed by atoms with E-state index in [1.165, 1.54) is 30.8 Å². The van der Waals surface area contributed by atoms with Crippen molar-refractivity contribution in [3.63, 3.8) is 0 Å². The second-order valence-electron chi connectivity index (χ2n) is 3.67. The molecular weight excluding hydrogens is 244 g/mol. The van der Waals surface area contributed by atoms with Crippen LogP contribution in [-0.4, -0.2) is 10.9 Å². The average Bonchev–Trinajstić information content (AvgIpc) is 3.07. The highest BCUT2D eigenvalue weighted by Gasteiger charge is 1.96. The Balaban J connectivity index is 1.94. The minimum absolute atomic E-state index is 0.148. The molecule has 0 atom stereocenters. The number of carbonyl (C=O) groups is 1. The predicted octanol–water partition coefficient (Wildman–Crippen LogP) is 3.61. The smallest absolute Gasteiger partial charge is 0.182 e. The van der Waals surface area contributed by atoms with Crippen molar-refractivity contribution < 1.29 is 18.7 Å². The Kier molecular flexibility index (Phi) is 4.18. The molecule has 0 unspecified atom stereocenters. The van der Waals surface area contributed by atoms with E-state index in [0.717, 1.165) is 6.08 Å². The molecule has 0 aromatic carbocycles. The lowest BCUT2D eigenvalue weighted by Gasteiger charge is -1.89. The number of carbonyl (C=O) groups excluding carboxylic acids is 1. The van der Waals surface area contributed by atoms with Crippen molar-refractivity contribution in [1.29, 1.82) is 0 Å². The molecule has 4 heteroatoms. The Morgan fingerprint density at radius 2 is 1.58 bits per heavy atom. The van der Waals surface area contributed by atoms with Crippen LogP contribution in [0.3, 0.4) is 0 Å². The van der Waals surface area contributed by atoms with Crippen LogP contribution in [0.4, 0.5) is 0 Å². The fraction of sp³-hybridized carbons (Fsp3) is 0. The van der Waals surface area contributed by atoms with Gasteiger partial charge in [-0.1, -0.05) is 0 Å². The molecule has 1 N–H and O–H groups in total. The van der Waals surface area contributed by atoms with Gasteiger partial charge in [0.1, 0.15) is 17.3 Å². The van der Waals surface area contributed by atoms with Crippen molar-refractivity contribution in [2.75, 3.05) is 0 Å². The van der Waals surface area contributed by atoms with E-state index in [9.17, 15) is 9.90 Å². The van der Waals surface area contributed by atoms with Gasteiger partial charge in [-0.15, -0.1) is 0 Å². The maximum atomic E-state index is 11.5. The molecule has 0 saturated heterocycles. The first-order valence-corrected chi connectivity index (χ1v) is 5.62. The van der Waals surface area contributed by atoms with Gasteiger partial charge in [-0.05, 0) is 48.6 Å². The van der Waals surface area contributed by atoms with Crippen molar-refractivity contribution in [2.45, 2.75) is 0 Å². The summed E-state index contributed by atoms with van der Waals surface area (Å²) in [5, 5.41) is 9.53. The summed E-state index contributed by atoms with van der Waals surface area (Å²) in [6, 6.07) is 6.92. The third-order valence-electron chi connectivity index (χ3n) is 2.21. The summed E-state index contributed by atoms with van der Waals surface area (Å²) < 4.78 is 10.1. The first-order valence-electron chi connectivity index (χ1n) is 5.62. The first-order chi connectivity index (χ1) is 9.24. The van der Waals surface area contributed by atoms with Gasteiger partial charge in [-0.25, -0.2) is 0 Å². The molecule has 0 saturated carbocycles. The Morgan fingerprint density at radius 1 is 1.00 bits per heavy atom. The minimum atomic E-state index is -0.335. The second-order valence-corrected chi connectivity index (χ2v) is 3.67. The molecule has 96 valence electrons. The Morgan fingerprint density at radius 3 is 2.11 bits per heavy atom. The quantitative estimate of drug-likeness (QED) is 0.504. The maximum Gasteiger partial charge on any atom is 0.182 e. The highest BCUT2D eigenvalue weighted by atomic mass is 16.3. The summed E-state index contributed by atoms with van der Waals surface area (Å²) in [7, 11) is 0. The van der Waals surface area contributed by atoms with Gasteiger partial charge in [-0.2, -0.15) is 0 Å². The molecule has 4 nitrogen and oxygen atoms in total. The monoisotopic (exact) mass is 256 g/mol. The van der Waals surface area contributed by atoms with Crippen molar-refractivity contribution in [3.05, 3.63) is 72.3 Å². The second kappa shape index (κ2) is 6.26. The van der Waals surface area contributed by atoms with Gasteiger partial charge in [0.2, 0.25) is 0 Å². The van der Waals surface area contributed by atoms with Gasteiger partial charge < -0.3 is 13.9 Å². The first kappa shape index (κ1) is 12.7. The number of allylic oxidation sites excluding steroid dienone is 3. The average molecular weight is 256 g/mol. The fourth-order valence-electron chi connectivity index (χ4n) is 1.35. The summed E-state index contributed by atoms with van der Waals surface area (Å²) in [6.45, 7) is 0. The van der Waals surface area contributed by atoms with Crippen LogP contribution in [0.15, 0.2) is 69.6 Å². The van der Waals surface area contributed by atoms with Crippen LogP contribution in [0.25, 0.3) is 12.2 Å². The lowest BCUT2D eigenvalue weighted by Crippen LogP contribution is -1.88. The molecule has 0 radical (unpaired) electrons. The SMILES string of the molecule is O=C(/C=C(O)/C=C/c1ccco1)/C=C/c1ccco1. The molecule has 0 aliphatic heterocycles.